The van der Waals surface area contributed by atoms with Crippen LogP contribution in [0.25, 0.3) is 0 Å². The Hall–Kier alpha value is -2.67. The fraction of sp³-hybridized carbons (Fsp3) is 0.400. The number of ether oxygens (including phenoxy) is 2. The van der Waals surface area contributed by atoms with Gasteiger partial charge in [0.05, 0.1) is 6.54 Å². The second kappa shape index (κ2) is 9.50. The zero-order chi connectivity index (χ0) is 20.7. The van der Waals surface area contributed by atoms with Crippen LogP contribution in [0, 0.1) is 0 Å². The summed E-state index contributed by atoms with van der Waals surface area (Å²) in [4.78, 5) is 23.5. The van der Waals surface area contributed by atoms with Crippen LogP contribution in [0.15, 0.2) is 42.6 Å². The van der Waals surface area contributed by atoms with Crippen molar-refractivity contribution in [3.63, 3.8) is 0 Å². The number of carbonyl (C=O) groups is 2. The third-order valence-corrected chi connectivity index (χ3v) is 3.99. The van der Waals surface area contributed by atoms with Gasteiger partial charge in [0.15, 0.2) is 0 Å². The number of benzene rings is 1. The number of carbonyl (C=O) groups excluding carboxylic acids is 1. The first-order valence-corrected chi connectivity index (χ1v) is 9.26. The summed E-state index contributed by atoms with van der Waals surface area (Å²) >= 11 is 5.85. The number of nitrogens with one attached hydrogen (secondary N) is 1. The summed E-state index contributed by atoms with van der Waals surface area (Å²) in [5.74, 6) is -0.427. The average molecular weight is 409 g/mol. The second-order valence-corrected chi connectivity index (χ2v) is 7.67. The van der Waals surface area contributed by atoms with Crippen molar-refractivity contribution in [1.82, 2.24) is 9.88 Å². The van der Waals surface area contributed by atoms with Gasteiger partial charge in [0, 0.05) is 23.3 Å². The number of hydrogen-bond donors (Lipinski definition) is 2. The van der Waals surface area contributed by atoms with Gasteiger partial charge in [-0.1, -0.05) is 11.6 Å². The molecule has 1 amide bonds. The molecule has 2 N–H and O–H groups in total. The van der Waals surface area contributed by atoms with Crippen LogP contribution >= 0.6 is 11.6 Å². The lowest BCUT2D eigenvalue weighted by molar-refractivity contribution is -0.139. The summed E-state index contributed by atoms with van der Waals surface area (Å²) in [6.45, 7) is 6.08. The SMILES string of the molecule is CC(C)(C)OC(=O)NC(Cc1cccn1CCOc1ccc(Cl)cc1)C(=O)O. The Morgan fingerprint density at radius 3 is 2.50 bits per heavy atom. The molecule has 7 nitrogen and oxygen atoms in total. The van der Waals surface area contributed by atoms with Gasteiger partial charge in [0.25, 0.3) is 0 Å². The van der Waals surface area contributed by atoms with E-state index in [-0.39, 0.29) is 6.42 Å². The predicted octanol–water partition coefficient (Wildman–Crippen LogP) is 3.74. The number of nitrogens with zero attached hydrogens (tertiary/aromatic N) is 1. The van der Waals surface area contributed by atoms with Crippen molar-refractivity contribution >= 4 is 23.7 Å². The number of aromatic nitrogens is 1. The first kappa shape index (κ1) is 21.6. The Morgan fingerprint density at radius 2 is 1.89 bits per heavy atom. The van der Waals surface area contributed by atoms with Gasteiger partial charge >= 0.3 is 12.1 Å². The third-order valence-electron chi connectivity index (χ3n) is 3.74. The van der Waals surface area contributed by atoms with Gasteiger partial charge in [-0.25, -0.2) is 9.59 Å². The van der Waals surface area contributed by atoms with E-state index in [1.54, 1.807) is 45.0 Å². The molecule has 152 valence electrons. The predicted molar refractivity (Wildman–Crippen MR) is 106 cm³/mol. The lowest BCUT2D eigenvalue weighted by Gasteiger charge is -2.22. The second-order valence-electron chi connectivity index (χ2n) is 7.24. The summed E-state index contributed by atoms with van der Waals surface area (Å²) in [5, 5.41) is 12.5. The van der Waals surface area contributed by atoms with Gasteiger partial charge in [0.2, 0.25) is 0 Å². The van der Waals surface area contributed by atoms with Crippen LogP contribution in [-0.4, -0.2) is 40.0 Å². The van der Waals surface area contributed by atoms with Crippen molar-refractivity contribution < 1.29 is 24.2 Å². The molecule has 0 radical (unpaired) electrons. The van der Waals surface area contributed by atoms with Crippen molar-refractivity contribution in [2.24, 2.45) is 0 Å². The summed E-state index contributed by atoms with van der Waals surface area (Å²) < 4.78 is 12.7. The van der Waals surface area contributed by atoms with E-state index in [2.05, 4.69) is 5.32 Å². The number of rotatable bonds is 8. The van der Waals surface area contributed by atoms with Gasteiger partial charge in [-0.15, -0.1) is 0 Å². The number of aliphatic carboxylic acids is 1. The van der Waals surface area contributed by atoms with Gasteiger partial charge < -0.3 is 24.5 Å². The molecule has 1 aromatic carbocycles. The first-order valence-electron chi connectivity index (χ1n) is 8.89. The highest BCUT2D eigenvalue weighted by Crippen LogP contribution is 2.16. The van der Waals surface area contributed by atoms with Crippen LogP contribution in [-0.2, 0) is 22.5 Å². The number of carboxylic acids is 1. The zero-order valence-corrected chi connectivity index (χ0v) is 16.9. The molecule has 28 heavy (non-hydrogen) atoms. The largest absolute Gasteiger partial charge is 0.492 e. The minimum Gasteiger partial charge on any atom is -0.492 e. The monoisotopic (exact) mass is 408 g/mol. The van der Waals surface area contributed by atoms with E-state index in [1.807, 2.05) is 22.9 Å². The van der Waals surface area contributed by atoms with Crippen molar-refractivity contribution in [1.29, 1.82) is 0 Å². The molecule has 1 heterocycles. The summed E-state index contributed by atoms with van der Waals surface area (Å²) in [6, 6.07) is 9.60. The molecule has 8 heteroatoms. The minimum atomic E-state index is -1.13. The van der Waals surface area contributed by atoms with Crippen molar-refractivity contribution in [2.75, 3.05) is 6.61 Å². The number of carboxylic acid groups (broad SMARTS) is 1. The highest BCUT2D eigenvalue weighted by molar-refractivity contribution is 6.30. The minimum absolute atomic E-state index is 0.128. The van der Waals surface area contributed by atoms with E-state index in [9.17, 15) is 14.7 Å². The molecule has 0 spiro atoms. The van der Waals surface area contributed by atoms with E-state index < -0.39 is 23.7 Å². The van der Waals surface area contributed by atoms with Crippen LogP contribution in [0.3, 0.4) is 0 Å². The molecule has 0 bridgehead atoms. The lowest BCUT2D eigenvalue weighted by atomic mass is 10.1. The van der Waals surface area contributed by atoms with Gasteiger partial charge in [-0.3, -0.25) is 0 Å². The first-order chi connectivity index (χ1) is 13.1. The smallest absolute Gasteiger partial charge is 0.408 e. The molecule has 0 saturated carbocycles. The molecular formula is C20H25ClN2O5. The van der Waals surface area contributed by atoms with E-state index in [1.165, 1.54) is 0 Å². The normalized spacial score (nSPS) is 12.3. The van der Waals surface area contributed by atoms with Crippen LogP contribution in [0.1, 0.15) is 26.5 Å². The molecule has 1 unspecified atom stereocenters. The Bertz CT molecular complexity index is 796. The highest BCUT2D eigenvalue weighted by atomic mass is 35.5. The molecule has 0 aliphatic carbocycles. The quantitative estimate of drug-likeness (QED) is 0.694. The van der Waals surface area contributed by atoms with Crippen LogP contribution in [0.2, 0.25) is 5.02 Å². The van der Waals surface area contributed by atoms with Gasteiger partial charge in [-0.05, 0) is 57.2 Å². The maximum absolute atomic E-state index is 11.9. The Balaban J connectivity index is 1.93. The number of hydrogen-bond acceptors (Lipinski definition) is 4. The number of alkyl carbamates (subject to hydrolysis) is 1. The molecular weight excluding hydrogens is 384 g/mol. The van der Waals surface area contributed by atoms with Gasteiger partial charge in [0.1, 0.15) is 24.0 Å². The van der Waals surface area contributed by atoms with Crippen LogP contribution < -0.4 is 10.1 Å². The highest BCUT2D eigenvalue weighted by Gasteiger charge is 2.25. The van der Waals surface area contributed by atoms with E-state index in [0.717, 1.165) is 5.69 Å². The van der Waals surface area contributed by atoms with Crippen LogP contribution in [0.5, 0.6) is 5.75 Å². The molecule has 1 aromatic heterocycles. The molecule has 1 atom stereocenters. The number of halogens is 1. The van der Waals surface area contributed by atoms with Crippen molar-refractivity contribution in [3.05, 3.63) is 53.3 Å². The molecule has 0 aliphatic rings. The Kier molecular flexibility index (Phi) is 7.34. The Morgan fingerprint density at radius 1 is 1.21 bits per heavy atom. The Labute approximate surface area is 169 Å². The van der Waals surface area contributed by atoms with E-state index >= 15 is 0 Å². The topological polar surface area (TPSA) is 89.8 Å². The standard InChI is InChI=1S/C20H25ClN2O5/c1-20(2,3)28-19(26)22-17(18(24)25)13-15-5-4-10-23(15)11-12-27-16-8-6-14(21)7-9-16/h4-10,17H,11-13H2,1-3H3,(H,22,26)(H,24,25). The average Bonchev–Trinajstić information content (AvgIpc) is 3.01. The fourth-order valence-corrected chi connectivity index (χ4v) is 2.63. The zero-order valence-electron chi connectivity index (χ0n) is 16.1. The van der Waals surface area contributed by atoms with Crippen molar-refractivity contribution in [3.8, 4) is 5.75 Å². The molecule has 2 aromatic rings. The van der Waals surface area contributed by atoms with Crippen LogP contribution in [0.4, 0.5) is 4.79 Å². The fourth-order valence-electron chi connectivity index (χ4n) is 2.50. The molecule has 2 rings (SSSR count). The molecule has 0 saturated heterocycles. The van der Waals surface area contributed by atoms with E-state index in [0.29, 0.717) is 23.9 Å². The maximum atomic E-state index is 11.9. The lowest BCUT2D eigenvalue weighted by Crippen LogP contribution is -2.45. The molecule has 0 aliphatic heterocycles. The van der Waals surface area contributed by atoms with Gasteiger partial charge in [-0.2, -0.15) is 0 Å². The van der Waals surface area contributed by atoms with E-state index in [4.69, 9.17) is 21.1 Å². The summed E-state index contributed by atoms with van der Waals surface area (Å²) in [7, 11) is 0. The summed E-state index contributed by atoms with van der Waals surface area (Å²) in [6.07, 6.45) is 1.21. The summed E-state index contributed by atoms with van der Waals surface area (Å²) in [5.41, 5.74) is 0.0648. The van der Waals surface area contributed by atoms with Crippen molar-refractivity contribution in [2.45, 2.75) is 45.4 Å². The molecule has 0 fully saturated rings. The third kappa shape index (κ3) is 7.15. The number of amides is 1. The maximum Gasteiger partial charge on any atom is 0.408 e.